The number of hydrogen-bond acceptors (Lipinski definition) is 3. The number of aliphatic carboxylic acids is 1. The summed E-state index contributed by atoms with van der Waals surface area (Å²) in [5, 5.41) is 8.73. The number of hydrogen-bond donors (Lipinski definition) is 1. The van der Waals surface area contributed by atoms with Crippen molar-refractivity contribution in [1.82, 2.24) is 4.31 Å². The van der Waals surface area contributed by atoms with Crippen LogP contribution in [-0.4, -0.2) is 43.6 Å². The first-order valence-corrected chi connectivity index (χ1v) is 8.68. The molecule has 2 fully saturated rings. The van der Waals surface area contributed by atoms with E-state index in [4.69, 9.17) is 5.11 Å². The second-order valence-corrected chi connectivity index (χ2v) is 8.18. The first-order chi connectivity index (χ1) is 10.4. The van der Waals surface area contributed by atoms with Crippen LogP contribution in [0.15, 0.2) is 29.2 Å². The van der Waals surface area contributed by atoms with E-state index in [1.807, 2.05) is 0 Å². The summed E-state index contributed by atoms with van der Waals surface area (Å²) in [5.74, 6) is -0.838. The summed E-state index contributed by atoms with van der Waals surface area (Å²) in [4.78, 5) is 10.8. The Morgan fingerprint density at radius 3 is 2.50 bits per heavy atom. The number of nitrogens with zero attached hydrogens (tertiary/aromatic N) is 1. The molecule has 7 heteroatoms. The molecule has 0 unspecified atom stereocenters. The predicted octanol–water partition coefficient (Wildman–Crippen LogP) is 1.68. The number of benzene rings is 1. The largest absolute Gasteiger partial charge is 0.481 e. The van der Waals surface area contributed by atoms with E-state index in [-0.39, 0.29) is 23.8 Å². The van der Waals surface area contributed by atoms with Gasteiger partial charge < -0.3 is 5.11 Å². The summed E-state index contributed by atoms with van der Waals surface area (Å²) >= 11 is 0. The Hall–Kier alpha value is -1.47. The number of sulfonamides is 1. The molecule has 22 heavy (non-hydrogen) atoms. The fourth-order valence-electron chi connectivity index (χ4n) is 3.42. The number of rotatable bonds is 5. The molecular formula is C15H18FNO4S. The second kappa shape index (κ2) is 5.31. The molecule has 0 aromatic heterocycles. The van der Waals surface area contributed by atoms with Crippen molar-refractivity contribution < 1.29 is 22.7 Å². The highest BCUT2D eigenvalue weighted by atomic mass is 32.2. The van der Waals surface area contributed by atoms with Gasteiger partial charge in [0.05, 0.1) is 18.0 Å². The Kier molecular flexibility index (Phi) is 3.72. The highest BCUT2D eigenvalue weighted by Crippen LogP contribution is 2.53. The Bertz CT molecular complexity index is 684. The first kappa shape index (κ1) is 15.4. The van der Waals surface area contributed by atoms with Crippen molar-refractivity contribution in [3.8, 4) is 0 Å². The third kappa shape index (κ3) is 2.42. The van der Waals surface area contributed by atoms with Crippen molar-refractivity contribution >= 4 is 16.0 Å². The smallest absolute Gasteiger partial charge is 0.307 e. The number of carboxylic acid groups (broad SMARTS) is 1. The summed E-state index contributed by atoms with van der Waals surface area (Å²) < 4.78 is 39.9. The molecule has 1 N–H and O–H groups in total. The molecule has 3 rings (SSSR count). The summed E-state index contributed by atoms with van der Waals surface area (Å²) in [6.07, 6.45) is 1.49. The first-order valence-electron chi connectivity index (χ1n) is 7.24. The van der Waals surface area contributed by atoms with Gasteiger partial charge in [-0.15, -0.1) is 0 Å². The van der Waals surface area contributed by atoms with Crippen molar-refractivity contribution in [3.05, 3.63) is 29.8 Å². The lowest BCUT2D eigenvalue weighted by atomic mass is 9.63. The zero-order valence-corrected chi connectivity index (χ0v) is 12.9. The van der Waals surface area contributed by atoms with Gasteiger partial charge in [0, 0.05) is 18.5 Å². The van der Waals surface area contributed by atoms with Gasteiger partial charge in [0.1, 0.15) is 0 Å². The van der Waals surface area contributed by atoms with Gasteiger partial charge in [-0.05, 0) is 36.5 Å². The van der Waals surface area contributed by atoms with Gasteiger partial charge in [0.25, 0.3) is 0 Å². The summed E-state index contributed by atoms with van der Waals surface area (Å²) in [6, 6.07) is 5.87. The Labute approximate surface area is 128 Å². The molecule has 0 spiro atoms. The maximum Gasteiger partial charge on any atom is 0.307 e. The molecule has 1 saturated carbocycles. The standard InChI is InChI=1S/C15H18FNO4S/c16-9-15-6-5-12(15)8-17(10-15)22(20,21)13-3-1-11(2-4-13)7-14(18)19/h1-4,12H,5-10H2,(H,18,19)/t12-,15-/m0/s1. The molecule has 1 aromatic carbocycles. The van der Waals surface area contributed by atoms with Gasteiger partial charge >= 0.3 is 5.97 Å². The molecule has 2 atom stereocenters. The van der Waals surface area contributed by atoms with Crippen molar-refractivity contribution in [2.45, 2.75) is 24.2 Å². The van der Waals surface area contributed by atoms with Crippen LogP contribution in [-0.2, 0) is 21.2 Å². The zero-order valence-electron chi connectivity index (χ0n) is 12.0. The minimum absolute atomic E-state index is 0.124. The van der Waals surface area contributed by atoms with Crippen molar-refractivity contribution in [1.29, 1.82) is 0 Å². The molecule has 0 radical (unpaired) electrons. The van der Waals surface area contributed by atoms with Crippen LogP contribution in [0.25, 0.3) is 0 Å². The number of carboxylic acids is 1. The van der Waals surface area contributed by atoms with Crippen LogP contribution in [0.3, 0.4) is 0 Å². The molecule has 1 aliphatic carbocycles. The summed E-state index contributed by atoms with van der Waals surface area (Å²) in [5.41, 5.74) is 0.0734. The molecule has 1 saturated heterocycles. The van der Waals surface area contributed by atoms with Gasteiger partial charge in [0.15, 0.2) is 0 Å². The molecule has 1 heterocycles. The average Bonchev–Trinajstić information content (AvgIpc) is 2.71. The van der Waals surface area contributed by atoms with Gasteiger partial charge in [-0.25, -0.2) is 8.42 Å². The van der Waals surface area contributed by atoms with Gasteiger partial charge in [-0.1, -0.05) is 12.1 Å². The van der Waals surface area contributed by atoms with Crippen LogP contribution < -0.4 is 0 Å². The summed E-state index contributed by atoms with van der Waals surface area (Å²) in [7, 11) is -3.64. The molecule has 2 aliphatic rings. The minimum atomic E-state index is -3.64. The van der Waals surface area contributed by atoms with Crippen molar-refractivity contribution in [2.75, 3.05) is 19.8 Å². The molecule has 1 aliphatic heterocycles. The SMILES string of the molecule is O=C(O)Cc1ccc(S(=O)(=O)N2C[C@@H]3CC[C@]3(CF)C2)cc1. The van der Waals surface area contributed by atoms with Crippen LogP contribution in [0.2, 0.25) is 0 Å². The topological polar surface area (TPSA) is 74.7 Å². The molecule has 0 amide bonds. The van der Waals surface area contributed by atoms with Crippen LogP contribution >= 0.6 is 0 Å². The second-order valence-electron chi connectivity index (χ2n) is 6.24. The molecule has 5 nitrogen and oxygen atoms in total. The van der Waals surface area contributed by atoms with E-state index in [0.29, 0.717) is 12.1 Å². The maximum absolute atomic E-state index is 13.2. The lowest BCUT2D eigenvalue weighted by Gasteiger charge is -2.41. The summed E-state index contributed by atoms with van der Waals surface area (Å²) in [6.45, 7) is 0.151. The van der Waals surface area contributed by atoms with Gasteiger partial charge in [-0.2, -0.15) is 4.31 Å². The molecule has 0 bridgehead atoms. The Morgan fingerprint density at radius 1 is 1.36 bits per heavy atom. The number of alkyl halides is 1. The highest BCUT2D eigenvalue weighted by Gasteiger charge is 2.55. The Balaban J connectivity index is 1.80. The Morgan fingerprint density at radius 2 is 2.05 bits per heavy atom. The molecular weight excluding hydrogens is 309 g/mol. The number of fused-ring (bicyclic) bond motifs is 1. The third-order valence-corrected chi connectivity index (χ3v) is 6.78. The van der Waals surface area contributed by atoms with Crippen LogP contribution in [0, 0.1) is 11.3 Å². The fourth-order valence-corrected chi connectivity index (χ4v) is 5.00. The van der Waals surface area contributed by atoms with E-state index in [0.717, 1.165) is 12.8 Å². The predicted molar refractivity (Wildman–Crippen MR) is 77.7 cm³/mol. The van der Waals surface area contributed by atoms with Crippen molar-refractivity contribution in [3.63, 3.8) is 0 Å². The monoisotopic (exact) mass is 327 g/mol. The van der Waals surface area contributed by atoms with Crippen LogP contribution in [0.4, 0.5) is 4.39 Å². The van der Waals surface area contributed by atoms with Gasteiger partial charge in [-0.3, -0.25) is 9.18 Å². The van der Waals surface area contributed by atoms with E-state index in [1.54, 1.807) is 0 Å². The lowest BCUT2D eigenvalue weighted by molar-refractivity contribution is -0.136. The normalized spacial score (nSPS) is 28.1. The van der Waals surface area contributed by atoms with Crippen LogP contribution in [0.1, 0.15) is 18.4 Å². The quantitative estimate of drug-likeness (QED) is 0.893. The van der Waals surface area contributed by atoms with E-state index >= 15 is 0 Å². The van der Waals surface area contributed by atoms with E-state index < -0.39 is 28.1 Å². The third-order valence-electron chi connectivity index (χ3n) is 4.95. The lowest BCUT2D eigenvalue weighted by Crippen LogP contribution is -2.41. The zero-order chi connectivity index (χ0) is 16.0. The fraction of sp³-hybridized carbons (Fsp3) is 0.533. The number of carbonyl (C=O) groups is 1. The average molecular weight is 327 g/mol. The van der Waals surface area contributed by atoms with Crippen LogP contribution in [0.5, 0.6) is 0 Å². The van der Waals surface area contributed by atoms with Crippen molar-refractivity contribution in [2.24, 2.45) is 11.3 Å². The number of halogens is 1. The molecule has 1 aromatic rings. The van der Waals surface area contributed by atoms with Gasteiger partial charge in [0.2, 0.25) is 10.0 Å². The van der Waals surface area contributed by atoms with E-state index in [9.17, 15) is 17.6 Å². The highest BCUT2D eigenvalue weighted by molar-refractivity contribution is 7.89. The minimum Gasteiger partial charge on any atom is -0.481 e. The van der Waals surface area contributed by atoms with E-state index in [2.05, 4.69) is 0 Å². The molecule has 120 valence electrons. The maximum atomic E-state index is 13.2. The van der Waals surface area contributed by atoms with E-state index in [1.165, 1.54) is 28.6 Å².